The van der Waals surface area contributed by atoms with Crippen molar-refractivity contribution in [3.63, 3.8) is 0 Å². The van der Waals surface area contributed by atoms with E-state index < -0.39 is 14.7 Å². The summed E-state index contributed by atoms with van der Waals surface area (Å²) in [6.07, 6.45) is 6.02. The molecule has 1 amide bonds. The second-order valence-corrected chi connectivity index (χ2v) is 9.54. The highest BCUT2D eigenvalue weighted by molar-refractivity contribution is 7.92. The second kappa shape index (κ2) is 7.96. The lowest BCUT2D eigenvalue weighted by molar-refractivity contribution is -0.127. The molecule has 1 aromatic carbocycles. The van der Waals surface area contributed by atoms with Crippen LogP contribution in [-0.2, 0) is 14.6 Å². The molecule has 6 nitrogen and oxygen atoms in total. The lowest BCUT2D eigenvalue weighted by Crippen LogP contribution is -2.63. The van der Waals surface area contributed by atoms with Crippen molar-refractivity contribution in [2.24, 2.45) is 5.92 Å². The number of carbonyl (C=O) groups excluding carboxylic acids is 1. The topological polar surface area (TPSA) is 84.5 Å². The van der Waals surface area contributed by atoms with Crippen molar-refractivity contribution in [3.05, 3.63) is 24.3 Å². The van der Waals surface area contributed by atoms with Gasteiger partial charge in [-0.2, -0.15) is 0 Å². The van der Waals surface area contributed by atoms with Crippen LogP contribution in [0.5, 0.6) is 5.75 Å². The molecule has 0 aromatic heterocycles. The maximum Gasteiger partial charge on any atom is 0.224 e. The van der Waals surface area contributed by atoms with E-state index in [0.717, 1.165) is 38.6 Å². The Morgan fingerprint density at radius 1 is 1.23 bits per heavy atom. The summed E-state index contributed by atoms with van der Waals surface area (Å²) in [7, 11) is -2.26. The van der Waals surface area contributed by atoms with Gasteiger partial charge in [0.1, 0.15) is 5.75 Å². The van der Waals surface area contributed by atoms with E-state index >= 15 is 0 Å². The Kier molecular flexibility index (Phi) is 5.87. The van der Waals surface area contributed by atoms with Crippen LogP contribution in [0, 0.1) is 5.92 Å². The number of piperidine rings is 1. The summed E-state index contributed by atoms with van der Waals surface area (Å²) in [5.74, 6) is 0.284. The molecule has 7 heteroatoms. The first kappa shape index (κ1) is 19.2. The first-order valence-corrected chi connectivity index (χ1v) is 10.9. The van der Waals surface area contributed by atoms with Gasteiger partial charge in [-0.1, -0.05) is 25.3 Å². The monoisotopic (exact) mass is 380 g/mol. The van der Waals surface area contributed by atoms with Crippen LogP contribution >= 0.6 is 0 Å². The zero-order chi connectivity index (χ0) is 18.6. The van der Waals surface area contributed by atoms with Crippen molar-refractivity contribution in [2.45, 2.75) is 54.7 Å². The average Bonchev–Trinajstić information content (AvgIpc) is 2.69. The number of benzene rings is 1. The maximum absolute atomic E-state index is 13.5. The van der Waals surface area contributed by atoms with Crippen LogP contribution in [0.15, 0.2) is 29.2 Å². The summed E-state index contributed by atoms with van der Waals surface area (Å²) in [4.78, 5) is 11.7. The van der Waals surface area contributed by atoms with Gasteiger partial charge in [0.05, 0.1) is 12.0 Å². The Bertz CT molecular complexity index is 736. The number of rotatable bonds is 5. The first-order valence-electron chi connectivity index (χ1n) is 9.40. The summed E-state index contributed by atoms with van der Waals surface area (Å²) in [6.45, 7) is 0.986. The molecule has 1 heterocycles. The van der Waals surface area contributed by atoms with E-state index in [4.69, 9.17) is 4.74 Å². The van der Waals surface area contributed by atoms with Gasteiger partial charge in [-0.05, 0) is 50.4 Å². The number of carbonyl (C=O) groups is 1. The van der Waals surface area contributed by atoms with Crippen molar-refractivity contribution < 1.29 is 17.9 Å². The van der Waals surface area contributed by atoms with Crippen molar-refractivity contribution >= 4 is 15.7 Å². The Morgan fingerprint density at radius 3 is 2.65 bits per heavy atom. The molecule has 2 fully saturated rings. The molecule has 1 aliphatic carbocycles. The number of hydrogen-bond donors (Lipinski definition) is 2. The fourth-order valence-electron chi connectivity index (χ4n) is 3.97. The van der Waals surface area contributed by atoms with Crippen LogP contribution in [-0.4, -0.2) is 39.4 Å². The minimum Gasteiger partial charge on any atom is -0.497 e. The summed E-state index contributed by atoms with van der Waals surface area (Å²) < 4.78 is 32.1. The molecule has 0 radical (unpaired) electrons. The molecule has 1 saturated heterocycles. The standard InChI is InChI=1S/C19H28N2O4S/c1-25-16-9-5-10-17(13-16)26(23,24)19(11-6-12-20-14-19)21-18(22)15-7-3-2-4-8-15/h5,9-10,13,15,20H,2-4,6-8,11-12,14H2,1H3,(H,21,22)/t19-/m1/s1. The number of sulfone groups is 1. The highest BCUT2D eigenvalue weighted by atomic mass is 32.2. The van der Waals surface area contributed by atoms with Gasteiger partial charge in [0.15, 0.2) is 4.87 Å². The van der Waals surface area contributed by atoms with Crippen LogP contribution in [0.25, 0.3) is 0 Å². The Labute approximate surface area is 155 Å². The summed E-state index contributed by atoms with van der Waals surface area (Å²) in [5.41, 5.74) is 0. The van der Waals surface area contributed by atoms with Gasteiger partial charge < -0.3 is 15.4 Å². The Morgan fingerprint density at radius 2 is 2.00 bits per heavy atom. The van der Waals surface area contributed by atoms with Crippen LogP contribution in [0.2, 0.25) is 0 Å². The van der Waals surface area contributed by atoms with E-state index in [1.165, 1.54) is 13.2 Å². The van der Waals surface area contributed by atoms with Crippen molar-refractivity contribution in [1.29, 1.82) is 0 Å². The summed E-state index contributed by atoms with van der Waals surface area (Å²) in [6, 6.07) is 6.48. The molecule has 144 valence electrons. The molecule has 3 rings (SSSR count). The third kappa shape index (κ3) is 3.74. The molecule has 0 unspecified atom stereocenters. The molecule has 1 saturated carbocycles. The quantitative estimate of drug-likeness (QED) is 0.818. The molecule has 1 aromatic rings. The smallest absolute Gasteiger partial charge is 0.224 e. The molecular weight excluding hydrogens is 352 g/mol. The third-order valence-corrected chi connectivity index (χ3v) is 7.89. The van der Waals surface area contributed by atoms with E-state index in [-0.39, 0.29) is 23.3 Å². The maximum atomic E-state index is 13.5. The molecule has 2 aliphatic rings. The normalized spacial score (nSPS) is 24.8. The number of methoxy groups -OCH3 is 1. The first-order chi connectivity index (χ1) is 12.5. The lowest BCUT2D eigenvalue weighted by Gasteiger charge is -2.39. The predicted molar refractivity (Wildman–Crippen MR) is 99.7 cm³/mol. The Hall–Kier alpha value is -1.60. The predicted octanol–water partition coefficient (Wildman–Crippen LogP) is 2.25. The molecule has 1 atom stereocenters. The molecule has 0 spiro atoms. The highest BCUT2D eigenvalue weighted by Crippen LogP contribution is 2.33. The summed E-state index contributed by atoms with van der Waals surface area (Å²) in [5, 5.41) is 6.11. The van der Waals surface area contributed by atoms with E-state index in [2.05, 4.69) is 10.6 Å². The third-order valence-electron chi connectivity index (χ3n) is 5.54. The zero-order valence-corrected chi connectivity index (χ0v) is 16.1. The molecular formula is C19H28N2O4S. The van der Waals surface area contributed by atoms with Crippen LogP contribution in [0.4, 0.5) is 0 Å². The number of nitrogens with one attached hydrogen (secondary N) is 2. The van der Waals surface area contributed by atoms with Gasteiger partial charge in [0, 0.05) is 12.5 Å². The zero-order valence-electron chi connectivity index (χ0n) is 15.3. The van der Waals surface area contributed by atoms with Crippen molar-refractivity contribution in [1.82, 2.24) is 10.6 Å². The number of hydrogen-bond acceptors (Lipinski definition) is 5. The van der Waals surface area contributed by atoms with E-state index in [0.29, 0.717) is 18.6 Å². The lowest BCUT2D eigenvalue weighted by atomic mass is 9.88. The van der Waals surface area contributed by atoms with Crippen LogP contribution in [0.3, 0.4) is 0 Å². The van der Waals surface area contributed by atoms with E-state index in [1.54, 1.807) is 18.2 Å². The van der Waals surface area contributed by atoms with Gasteiger partial charge in [-0.3, -0.25) is 4.79 Å². The van der Waals surface area contributed by atoms with E-state index in [9.17, 15) is 13.2 Å². The largest absolute Gasteiger partial charge is 0.497 e. The number of amides is 1. The van der Waals surface area contributed by atoms with Crippen molar-refractivity contribution in [3.8, 4) is 5.75 Å². The molecule has 0 bridgehead atoms. The molecule has 2 N–H and O–H groups in total. The van der Waals surface area contributed by atoms with E-state index in [1.807, 2.05) is 0 Å². The second-order valence-electron chi connectivity index (χ2n) is 7.28. The van der Waals surface area contributed by atoms with Crippen molar-refractivity contribution in [2.75, 3.05) is 20.2 Å². The van der Waals surface area contributed by atoms with Gasteiger partial charge >= 0.3 is 0 Å². The van der Waals surface area contributed by atoms with Crippen LogP contribution in [0.1, 0.15) is 44.9 Å². The summed E-state index contributed by atoms with van der Waals surface area (Å²) >= 11 is 0. The van der Waals surface area contributed by atoms with Gasteiger partial charge in [-0.25, -0.2) is 8.42 Å². The average molecular weight is 381 g/mol. The Balaban J connectivity index is 1.91. The van der Waals surface area contributed by atoms with Gasteiger partial charge in [0.2, 0.25) is 15.7 Å². The van der Waals surface area contributed by atoms with Gasteiger partial charge in [0.25, 0.3) is 0 Å². The van der Waals surface area contributed by atoms with Crippen LogP contribution < -0.4 is 15.4 Å². The molecule has 1 aliphatic heterocycles. The van der Waals surface area contributed by atoms with Gasteiger partial charge in [-0.15, -0.1) is 0 Å². The highest BCUT2D eigenvalue weighted by Gasteiger charge is 2.47. The number of ether oxygens (including phenoxy) is 1. The minimum absolute atomic E-state index is 0.0805. The fourth-order valence-corrected chi connectivity index (χ4v) is 5.89. The SMILES string of the molecule is COc1cccc(S(=O)(=O)[C@]2(NC(=O)C3CCCCC3)CCCNC2)c1. The molecule has 26 heavy (non-hydrogen) atoms. The minimum atomic E-state index is -3.76. The fraction of sp³-hybridized carbons (Fsp3) is 0.632.